The van der Waals surface area contributed by atoms with Gasteiger partial charge in [-0.25, -0.2) is 0 Å². The van der Waals surface area contributed by atoms with E-state index in [-0.39, 0.29) is 28.1 Å². The molecule has 0 bridgehead atoms. The molecule has 0 aliphatic heterocycles. The van der Waals surface area contributed by atoms with E-state index in [0.29, 0.717) is 11.5 Å². The number of ether oxygens (including phenoxy) is 1. The number of aryl methyl sites for hydroxylation is 1. The van der Waals surface area contributed by atoms with Crippen LogP contribution in [-0.2, 0) is 0 Å². The van der Waals surface area contributed by atoms with Gasteiger partial charge in [0, 0.05) is 4.90 Å². The van der Waals surface area contributed by atoms with Crippen LogP contribution in [0.3, 0.4) is 0 Å². The predicted molar refractivity (Wildman–Crippen MR) is 84.2 cm³/mol. The van der Waals surface area contributed by atoms with Crippen molar-refractivity contribution in [1.29, 1.82) is 5.39 Å². The van der Waals surface area contributed by atoms with Gasteiger partial charge in [-0.3, -0.25) is 0 Å². The van der Waals surface area contributed by atoms with E-state index in [9.17, 15) is 0 Å². The molecule has 0 unspecified atom stereocenters. The first-order valence-electron chi connectivity index (χ1n) is 5.71. The highest BCUT2D eigenvalue weighted by Gasteiger charge is 2.16. The molecule has 0 fully saturated rings. The van der Waals surface area contributed by atoms with E-state index in [0.717, 1.165) is 5.56 Å². The van der Waals surface area contributed by atoms with Crippen LogP contribution in [0.2, 0.25) is 10.0 Å². The third kappa shape index (κ3) is 4.18. The Labute approximate surface area is 143 Å². The Bertz CT molecular complexity index is 678. The summed E-state index contributed by atoms with van der Waals surface area (Å²) in [6.45, 7) is 2.01. The minimum absolute atomic E-state index is 0. The molecule has 2 rings (SSSR count). The van der Waals surface area contributed by atoms with Crippen LogP contribution >= 0.6 is 35.0 Å². The molecule has 0 amide bonds. The normalized spacial score (nSPS) is 9.67. The highest BCUT2D eigenvalue weighted by atomic mass is 35.5. The van der Waals surface area contributed by atoms with Crippen LogP contribution in [0.5, 0.6) is 11.5 Å². The minimum atomic E-state index is 0. The first kappa shape index (κ1) is 17.9. The molecule has 110 valence electrons. The fourth-order valence-electron chi connectivity index (χ4n) is 1.73. The van der Waals surface area contributed by atoms with Crippen molar-refractivity contribution < 1.29 is 17.1 Å². The van der Waals surface area contributed by atoms with Crippen molar-refractivity contribution in [3.63, 3.8) is 0 Å². The number of diazo groups is 1. The van der Waals surface area contributed by atoms with Crippen LogP contribution in [0, 0.1) is 12.3 Å². The Morgan fingerprint density at radius 3 is 2.24 bits per heavy atom. The van der Waals surface area contributed by atoms with Gasteiger partial charge in [-0.05, 0) is 36.9 Å². The maximum atomic E-state index is 8.73. The van der Waals surface area contributed by atoms with Crippen molar-refractivity contribution in [2.75, 3.05) is 6.26 Å². The molecular formula is C14H11Cl3N2OS. The molecule has 0 heterocycles. The van der Waals surface area contributed by atoms with E-state index in [1.54, 1.807) is 11.8 Å². The average molecular weight is 362 g/mol. The smallest absolute Gasteiger partial charge is 0.388 e. The molecule has 2 aromatic carbocycles. The fraction of sp³-hybridized carbons (Fsp3) is 0.143. The fourth-order valence-corrected chi connectivity index (χ4v) is 2.87. The summed E-state index contributed by atoms with van der Waals surface area (Å²) in [5.74, 6) is 0.995. The zero-order valence-electron chi connectivity index (χ0n) is 11.2. The summed E-state index contributed by atoms with van der Waals surface area (Å²) < 4.78 is 5.72. The Morgan fingerprint density at radius 1 is 1.14 bits per heavy atom. The van der Waals surface area contributed by atoms with Crippen LogP contribution in [-0.4, -0.2) is 6.26 Å². The van der Waals surface area contributed by atoms with Crippen molar-refractivity contribution in [2.24, 2.45) is 0 Å². The molecule has 2 aromatic rings. The number of nitrogens with zero attached hydrogens (tertiary/aromatic N) is 2. The summed E-state index contributed by atoms with van der Waals surface area (Å²) in [6.07, 6.45) is 2.02. The third-order valence-electron chi connectivity index (χ3n) is 2.68. The predicted octanol–water partition coefficient (Wildman–Crippen LogP) is 3.30. The molecule has 3 nitrogen and oxygen atoms in total. The maximum Gasteiger partial charge on any atom is 0.388 e. The van der Waals surface area contributed by atoms with E-state index >= 15 is 0 Å². The second-order valence-corrected chi connectivity index (χ2v) is 5.73. The molecule has 0 aromatic heterocycles. The van der Waals surface area contributed by atoms with Gasteiger partial charge < -0.3 is 17.1 Å². The Morgan fingerprint density at radius 2 is 1.76 bits per heavy atom. The summed E-state index contributed by atoms with van der Waals surface area (Å²) in [5, 5.41) is 9.30. The molecule has 0 saturated heterocycles. The molecule has 0 aliphatic carbocycles. The summed E-state index contributed by atoms with van der Waals surface area (Å²) in [5.41, 5.74) is 1.39. The highest BCUT2D eigenvalue weighted by molar-refractivity contribution is 7.98. The van der Waals surface area contributed by atoms with Gasteiger partial charge in [0.15, 0.2) is 10.7 Å². The van der Waals surface area contributed by atoms with Gasteiger partial charge in [-0.15, -0.1) is 11.8 Å². The number of rotatable bonds is 3. The van der Waals surface area contributed by atoms with Crippen LogP contribution in [0.4, 0.5) is 5.69 Å². The van der Waals surface area contributed by atoms with Gasteiger partial charge >= 0.3 is 5.69 Å². The lowest BCUT2D eigenvalue weighted by Gasteiger charge is -2.10. The van der Waals surface area contributed by atoms with Crippen LogP contribution in [0.15, 0.2) is 35.2 Å². The topological polar surface area (TPSA) is 37.4 Å². The largest absolute Gasteiger partial charge is 1.00 e. The number of halogens is 3. The van der Waals surface area contributed by atoms with Gasteiger partial charge in [-0.1, -0.05) is 23.2 Å². The lowest BCUT2D eigenvalue weighted by Crippen LogP contribution is -3.00. The lowest BCUT2D eigenvalue weighted by atomic mass is 10.2. The number of thioether (sulfide) groups is 1. The highest BCUT2D eigenvalue weighted by Crippen LogP contribution is 2.40. The Balaban J connectivity index is 0.00000220. The van der Waals surface area contributed by atoms with Crippen LogP contribution < -0.4 is 17.1 Å². The van der Waals surface area contributed by atoms with Crippen molar-refractivity contribution in [3.8, 4) is 11.5 Å². The summed E-state index contributed by atoms with van der Waals surface area (Å²) in [4.78, 5) is 4.23. The molecule has 0 atom stereocenters. The van der Waals surface area contributed by atoms with E-state index < -0.39 is 0 Å². The summed E-state index contributed by atoms with van der Waals surface area (Å²) in [6, 6.07) is 8.71. The zero-order chi connectivity index (χ0) is 14.7. The van der Waals surface area contributed by atoms with E-state index in [1.807, 2.05) is 31.4 Å². The molecule has 0 N–H and O–H groups in total. The van der Waals surface area contributed by atoms with Gasteiger partial charge in [0.25, 0.3) is 0 Å². The minimum Gasteiger partial charge on any atom is -1.00 e. The third-order valence-corrected chi connectivity index (χ3v) is 4.14. The zero-order valence-corrected chi connectivity index (χ0v) is 14.3. The first-order chi connectivity index (χ1) is 9.55. The van der Waals surface area contributed by atoms with Crippen molar-refractivity contribution >= 4 is 40.7 Å². The van der Waals surface area contributed by atoms with E-state index in [4.69, 9.17) is 33.3 Å². The van der Waals surface area contributed by atoms with Gasteiger partial charge in [0.2, 0.25) is 5.39 Å². The number of benzene rings is 2. The number of hydrogen-bond acceptors (Lipinski definition) is 3. The lowest BCUT2D eigenvalue weighted by molar-refractivity contribution is -0.00000463. The summed E-state index contributed by atoms with van der Waals surface area (Å²) >= 11 is 13.8. The second-order valence-electron chi connectivity index (χ2n) is 4.07. The Kier molecular flexibility index (Phi) is 6.63. The second kappa shape index (κ2) is 7.77. The van der Waals surface area contributed by atoms with Crippen molar-refractivity contribution in [3.05, 3.63) is 50.9 Å². The molecule has 0 radical (unpaired) electrons. The molecular weight excluding hydrogens is 351 g/mol. The SMILES string of the molecule is CSc1ccc(Oc2c(Cl)cc([N+]#N)cc2Cl)cc1C.[Cl-]. The molecule has 0 saturated carbocycles. The molecule has 0 spiro atoms. The molecule has 21 heavy (non-hydrogen) atoms. The Hall–Kier alpha value is -1.12. The molecule has 0 aliphatic rings. The van der Waals surface area contributed by atoms with Crippen molar-refractivity contribution in [2.45, 2.75) is 11.8 Å². The van der Waals surface area contributed by atoms with Gasteiger partial charge in [0.05, 0.1) is 22.2 Å². The average Bonchev–Trinajstić information content (AvgIpc) is 2.42. The van der Waals surface area contributed by atoms with Crippen molar-refractivity contribution in [1.82, 2.24) is 0 Å². The van der Waals surface area contributed by atoms with Gasteiger partial charge in [0.1, 0.15) is 5.75 Å². The molecule has 7 heteroatoms. The number of hydrogen-bond donors (Lipinski definition) is 0. The standard InChI is InChI=1S/C14H11Cl2N2OS.ClH/c1-8-5-10(3-4-13(8)20-2)19-14-11(15)6-9(18-17)7-12(14)16;/h3-7H,1-2H3;1H/q+1;/p-1. The van der Waals surface area contributed by atoms with Crippen LogP contribution in [0.1, 0.15) is 5.56 Å². The monoisotopic (exact) mass is 360 g/mol. The summed E-state index contributed by atoms with van der Waals surface area (Å²) in [7, 11) is 0. The van der Waals surface area contributed by atoms with E-state index in [2.05, 4.69) is 4.98 Å². The quantitative estimate of drug-likeness (QED) is 0.622. The van der Waals surface area contributed by atoms with Gasteiger partial charge in [-0.2, -0.15) is 0 Å². The maximum absolute atomic E-state index is 8.73. The first-order valence-corrected chi connectivity index (χ1v) is 7.70. The van der Waals surface area contributed by atoms with E-state index in [1.165, 1.54) is 17.0 Å². The van der Waals surface area contributed by atoms with Crippen LogP contribution in [0.25, 0.3) is 4.98 Å².